The number of halogens is 3. The molecule has 0 spiro atoms. The largest absolute Gasteiger partial charge is 0.573 e. The summed E-state index contributed by atoms with van der Waals surface area (Å²) in [5.41, 5.74) is 1.93. The van der Waals surface area contributed by atoms with Crippen LogP contribution in [0.15, 0.2) is 54.6 Å². The van der Waals surface area contributed by atoms with Crippen LogP contribution in [0.2, 0.25) is 0 Å². The third-order valence-electron chi connectivity index (χ3n) is 5.14. The van der Waals surface area contributed by atoms with Gasteiger partial charge in [0, 0.05) is 30.8 Å². The van der Waals surface area contributed by atoms with Gasteiger partial charge in [-0.1, -0.05) is 6.07 Å². The van der Waals surface area contributed by atoms with Gasteiger partial charge in [0.2, 0.25) is 0 Å². The van der Waals surface area contributed by atoms with Crippen molar-refractivity contribution in [1.29, 1.82) is 0 Å². The molecule has 3 aromatic rings. The zero-order valence-electron chi connectivity index (χ0n) is 17.1. The molecule has 7 nitrogen and oxygen atoms in total. The second-order valence-corrected chi connectivity index (χ2v) is 7.35. The number of ether oxygens (including phenoxy) is 2. The van der Waals surface area contributed by atoms with E-state index in [2.05, 4.69) is 20.3 Å². The Morgan fingerprint density at radius 1 is 1.16 bits per heavy atom. The van der Waals surface area contributed by atoms with E-state index >= 15 is 0 Å². The standard InChI is InChI=1S/C22H21F3N4O3/c1-31-17-7-5-14(6-8-17)19-12-20(28-27-19)29-10-9-16(13-29)26-21(30)15-3-2-4-18(11-15)32-22(23,24)25/h2-8,11-12,16H,9-10,13H2,1H3,(H,26,30)(H,27,28)/t16-/m0/s1. The summed E-state index contributed by atoms with van der Waals surface area (Å²) in [4.78, 5) is 14.5. The molecule has 1 fully saturated rings. The summed E-state index contributed by atoms with van der Waals surface area (Å²) in [6.45, 7) is 1.23. The predicted octanol–water partition coefficient (Wildman–Crippen LogP) is 3.99. The van der Waals surface area contributed by atoms with E-state index in [4.69, 9.17) is 4.74 Å². The summed E-state index contributed by atoms with van der Waals surface area (Å²) in [5.74, 6) is 0.640. The molecule has 10 heteroatoms. The number of carbonyl (C=O) groups excluding carboxylic acids is 1. The maximum absolute atomic E-state index is 12.5. The normalized spacial score (nSPS) is 16.1. The molecule has 32 heavy (non-hydrogen) atoms. The number of methoxy groups -OCH3 is 1. The van der Waals surface area contributed by atoms with Crippen LogP contribution in [-0.2, 0) is 0 Å². The molecular formula is C22H21F3N4O3. The molecule has 1 aliphatic heterocycles. The minimum Gasteiger partial charge on any atom is -0.497 e. The van der Waals surface area contributed by atoms with Crippen LogP contribution in [0.25, 0.3) is 11.3 Å². The number of H-pyrrole nitrogens is 1. The smallest absolute Gasteiger partial charge is 0.497 e. The average Bonchev–Trinajstić information content (AvgIpc) is 3.42. The van der Waals surface area contributed by atoms with Crippen molar-refractivity contribution in [3.05, 3.63) is 60.2 Å². The van der Waals surface area contributed by atoms with Crippen LogP contribution >= 0.6 is 0 Å². The zero-order valence-corrected chi connectivity index (χ0v) is 17.1. The van der Waals surface area contributed by atoms with Crippen molar-refractivity contribution in [2.24, 2.45) is 0 Å². The first-order valence-corrected chi connectivity index (χ1v) is 9.92. The number of rotatable bonds is 6. The molecule has 0 radical (unpaired) electrons. The van der Waals surface area contributed by atoms with Crippen LogP contribution in [-0.4, -0.2) is 48.7 Å². The van der Waals surface area contributed by atoms with Crippen molar-refractivity contribution in [2.75, 3.05) is 25.1 Å². The van der Waals surface area contributed by atoms with Crippen LogP contribution in [0.3, 0.4) is 0 Å². The number of alkyl halides is 3. The first-order valence-electron chi connectivity index (χ1n) is 9.92. The lowest BCUT2D eigenvalue weighted by Gasteiger charge is -2.16. The third-order valence-corrected chi connectivity index (χ3v) is 5.14. The van der Waals surface area contributed by atoms with E-state index in [1.807, 2.05) is 35.2 Å². The monoisotopic (exact) mass is 446 g/mol. The van der Waals surface area contributed by atoms with Crippen molar-refractivity contribution in [3.63, 3.8) is 0 Å². The van der Waals surface area contributed by atoms with Gasteiger partial charge in [0.05, 0.1) is 12.8 Å². The second kappa shape index (κ2) is 8.81. The number of nitrogens with zero attached hydrogens (tertiary/aromatic N) is 2. The van der Waals surface area contributed by atoms with Crippen molar-refractivity contribution in [1.82, 2.24) is 15.5 Å². The molecule has 0 saturated carbocycles. The minimum atomic E-state index is -4.81. The van der Waals surface area contributed by atoms with E-state index in [1.54, 1.807) is 7.11 Å². The maximum Gasteiger partial charge on any atom is 0.573 e. The van der Waals surface area contributed by atoms with Gasteiger partial charge >= 0.3 is 6.36 Å². The Balaban J connectivity index is 1.36. The molecule has 168 valence electrons. The summed E-state index contributed by atoms with van der Waals surface area (Å²) in [7, 11) is 1.61. The Hall–Kier alpha value is -3.69. The van der Waals surface area contributed by atoms with Crippen molar-refractivity contribution in [2.45, 2.75) is 18.8 Å². The number of nitrogens with one attached hydrogen (secondary N) is 2. The first-order chi connectivity index (χ1) is 15.3. The fraction of sp³-hybridized carbons (Fsp3) is 0.273. The lowest BCUT2D eigenvalue weighted by atomic mass is 10.1. The highest BCUT2D eigenvalue weighted by Gasteiger charge is 2.31. The number of benzene rings is 2. The van der Waals surface area contributed by atoms with Crippen LogP contribution in [0.1, 0.15) is 16.8 Å². The van der Waals surface area contributed by atoms with Crippen LogP contribution in [0, 0.1) is 0 Å². The average molecular weight is 446 g/mol. The first kappa shape index (κ1) is 21.5. The Morgan fingerprint density at radius 2 is 1.94 bits per heavy atom. The zero-order chi connectivity index (χ0) is 22.7. The predicted molar refractivity (Wildman–Crippen MR) is 112 cm³/mol. The molecule has 1 aromatic heterocycles. The molecule has 1 aliphatic rings. The van der Waals surface area contributed by atoms with Gasteiger partial charge in [0.1, 0.15) is 11.5 Å². The number of hydrogen-bond donors (Lipinski definition) is 2. The summed E-state index contributed by atoms with van der Waals surface area (Å²) < 4.78 is 46.3. The molecule has 0 bridgehead atoms. The van der Waals surface area contributed by atoms with E-state index in [1.165, 1.54) is 12.1 Å². The maximum atomic E-state index is 12.5. The summed E-state index contributed by atoms with van der Waals surface area (Å²) in [5, 5.41) is 10.3. The molecule has 1 amide bonds. The topological polar surface area (TPSA) is 79.5 Å². The van der Waals surface area contributed by atoms with Gasteiger partial charge in [-0.05, 0) is 54.4 Å². The van der Waals surface area contributed by atoms with E-state index in [0.29, 0.717) is 19.5 Å². The van der Waals surface area contributed by atoms with Crippen LogP contribution < -0.4 is 19.7 Å². The molecule has 2 N–H and O–H groups in total. The highest BCUT2D eigenvalue weighted by molar-refractivity contribution is 5.94. The number of amides is 1. The van der Waals surface area contributed by atoms with Gasteiger partial charge in [-0.2, -0.15) is 5.10 Å². The number of carbonyl (C=O) groups is 1. The molecule has 0 unspecified atom stereocenters. The lowest BCUT2D eigenvalue weighted by molar-refractivity contribution is -0.274. The van der Waals surface area contributed by atoms with Crippen molar-refractivity contribution < 1.29 is 27.4 Å². The van der Waals surface area contributed by atoms with Crippen LogP contribution in [0.5, 0.6) is 11.5 Å². The minimum absolute atomic E-state index is 0.103. The van der Waals surface area contributed by atoms with Gasteiger partial charge < -0.3 is 19.7 Å². The van der Waals surface area contributed by atoms with E-state index in [0.717, 1.165) is 35.0 Å². The molecule has 1 atom stereocenters. The third kappa shape index (κ3) is 5.13. The molecule has 4 rings (SSSR count). The second-order valence-electron chi connectivity index (χ2n) is 7.35. The van der Waals surface area contributed by atoms with Gasteiger partial charge in [-0.3, -0.25) is 9.89 Å². The highest BCUT2D eigenvalue weighted by Crippen LogP contribution is 2.26. The Bertz CT molecular complexity index is 1080. The summed E-state index contributed by atoms with van der Waals surface area (Å²) in [6, 6.07) is 14.4. The SMILES string of the molecule is COc1ccc(-c2cc(N3CC[C@H](NC(=O)c4cccc(OC(F)(F)F)c4)C3)n[nH]2)cc1. The molecule has 0 aliphatic carbocycles. The Labute approximate surface area is 182 Å². The Morgan fingerprint density at radius 3 is 2.66 bits per heavy atom. The lowest BCUT2D eigenvalue weighted by Crippen LogP contribution is -2.37. The number of anilines is 1. The summed E-state index contributed by atoms with van der Waals surface area (Å²) in [6.07, 6.45) is -4.12. The van der Waals surface area contributed by atoms with Gasteiger partial charge in [-0.25, -0.2) is 0 Å². The molecule has 1 saturated heterocycles. The number of hydrogen-bond acceptors (Lipinski definition) is 5. The van der Waals surface area contributed by atoms with Crippen molar-refractivity contribution >= 4 is 11.7 Å². The van der Waals surface area contributed by atoms with Gasteiger partial charge in [0.15, 0.2) is 5.82 Å². The van der Waals surface area contributed by atoms with Gasteiger partial charge in [0.25, 0.3) is 5.91 Å². The van der Waals surface area contributed by atoms with E-state index in [9.17, 15) is 18.0 Å². The quantitative estimate of drug-likeness (QED) is 0.599. The molecule has 2 aromatic carbocycles. The van der Waals surface area contributed by atoms with E-state index in [-0.39, 0.29) is 11.6 Å². The van der Waals surface area contributed by atoms with Crippen LogP contribution in [0.4, 0.5) is 19.0 Å². The fourth-order valence-electron chi connectivity index (χ4n) is 3.58. The summed E-state index contributed by atoms with van der Waals surface area (Å²) >= 11 is 0. The van der Waals surface area contributed by atoms with Gasteiger partial charge in [-0.15, -0.1) is 13.2 Å². The van der Waals surface area contributed by atoms with Crippen molar-refractivity contribution in [3.8, 4) is 22.8 Å². The number of aromatic nitrogens is 2. The number of aromatic amines is 1. The molecular weight excluding hydrogens is 425 g/mol. The van der Waals surface area contributed by atoms with E-state index < -0.39 is 18.0 Å². The highest BCUT2D eigenvalue weighted by atomic mass is 19.4. The fourth-order valence-corrected chi connectivity index (χ4v) is 3.58. The Kier molecular flexibility index (Phi) is 5.93. The molecule has 2 heterocycles.